The van der Waals surface area contributed by atoms with Crippen LogP contribution in [-0.2, 0) is 0 Å². The first-order valence-corrected chi connectivity index (χ1v) is 23.0. The predicted molar refractivity (Wildman–Crippen MR) is 281 cm³/mol. The van der Waals surface area contributed by atoms with Crippen molar-refractivity contribution in [1.82, 2.24) is 24.1 Å². The molecule has 5 heteroatoms. The summed E-state index contributed by atoms with van der Waals surface area (Å²) in [6, 6.07) is 88.0. The summed E-state index contributed by atoms with van der Waals surface area (Å²) in [4.78, 5) is 10.5. The maximum absolute atomic E-state index is 5.46. The monoisotopic (exact) mass is 867 g/mol. The van der Waals surface area contributed by atoms with Crippen LogP contribution in [0, 0.1) is 0 Å². The van der Waals surface area contributed by atoms with E-state index in [1.54, 1.807) is 0 Å². The van der Waals surface area contributed by atoms with Gasteiger partial charge in [-0.15, -0.1) is 0 Å². The smallest absolute Gasteiger partial charge is 0.160 e. The fraction of sp³-hybridized carbons (Fsp3) is 0. The van der Waals surface area contributed by atoms with Gasteiger partial charge in [0.1, 0.15) is 5.69 Å². The Bertz CT molecular complexity index is 3950. The van der Waals surface area contributed by atoms with Crippen molar-refractivity contribution in [3.8, 4) is 84.4 Å². The Labute approximate surface area is 393 Å². The van der Waals surface area contributed by atoms with Gasteiger partial charge in [0.15, 0.2) is 5.82 Å². The SMILES string of the molecule is c1ccc(-c2nc(-c3cccc(-c4ccc5cc(-c6ccccc6)n6nc(-c7ccccc7)c(-c7ccccc7)c6c5c4)c3)cc(-c3cccc(-n4c5ccccc5c5ccccc54)c3)n2)cc1. The van der Waals surface area contributed by atoms with E-state index in [1.165, 1.54) is 21.8 Å². The topological polar surface area (TPSA) is 48.0 Å². The number of hydrogen-bond donors (Lipinski definition) is 0. The number of fused-ring (bicyclic) bond motifs is 6. The molecule has 0 saturated carbocycles. The van der Waals surface area contributed by atoms with Gasteiger partial charge < -0.3 is 4.57 Å². The molecule has 4 aromatic heterocycles. The second-order valence-corrected chi connectivity index (χ2v) is 17.2. The molecule has 13 rings (SSSR count). The number of nitrogens with zero attached hydrogens (tertiary/aromatic N) is 5. The first-order chi connectivity index (χ1) is 33.7. The zero-order valence-electron chi connectivity index (χ0n) is 36.9. The van der Waals surface area contributed by atoms with Gasteiger partial charge >= 0.3 is 0 Å². The minimum absolute atomic E-state index is 0.677. The molecule has 0 saturated heterocycles. The fourth-order valence-electron chi connectivity index (χ4n) is 9.93. The van der Waals surface area contributed by atoms with Crippen molar-refractivity contribution in [2.24, 2.45) is 0 Å². The maximum atomic E-state index is 5.46. The standard InChI is InChI=1S/C63H41N5/c1-5-19-42(20-6-1)59-40-48-36-35-47(39-54(48)62-60(43-21-7-2-8-22-43)61(66-68(59)62)44-23-9-3-10-24-44)46-27-17-28-49(37-46)55-41-56(65-63(64-55)45-25-11-4-12-26-45)50-29-18-30-51(38-50)67-57-33-15-13-31-52(57)53-32-14-16-34-58(53)67/h1-41H. The fourth-order valence-corrected chi connectivity index (χ4v) is 9.93. The first kappa shape index (κ1) is 39.2. The van der Waals surface area contributed by atoms with Gasteiger partial charge in [-0.3, -0.25) is 0 Å². The molecule has 0 aliphatic heterocycles. The number of hydrogen-bond acceptors (Lipinski definition) is 3. The second-order valence-electron chi connectivity index (χ2n) is 17.2. The van der Waals surface area contributed by atoms with Crippen LogP contribution >= 0.6 is 0 Å². The van der Waals surface area contributed by atoms with Crippen molar-refractivity contribution in [1.29, 1.82) is 0 Å². The lowest BCUT2D eigenvalue weighted by Gasteiger charge is -2.14. The van der Waals surface area contributed by atoms with Gasteiger partial charge in [0.2, 0.25) is 0 Å². The minimum atomic E-state index is 0.677. The van der Waals surface area contributed by atoms with Crippen LogP contribution in [0.2, 0.25) is 0 Å². The van der Waals surface area contributed by atoms with Crippen LogP contribution in [0.3, 0.4) is 0 Å². The van der Waals surface area contributed by atoms with Gasteiger partial charge in [0, 0.05) is 55.2 Å². The highest BCUT2D eigenvalue weighted by Gasteiger charge is 2.22. The molecule has 5 nitrogen and oxygen atoms in total. The molecule has 0 radical (unpaired) electrons. The van der Waals surface area contributed by atoms with E-state index < -0.39 is 0 Å². The number of aromatic nitrogens is 5. The van der Waals surface area contributed by atoms with E-state index in [1.807, 2.05) is 18.2 Å². The predicted octanol–water partition coefficient (Wildman–Crippen LogP) is 16.0. The quantitative estimate of drug-likeness (QED) is 0.153. The summed E-state index contributed by atoms with van der Waals surface area (Å²) in [7, 11) is 0. The zero-order chi connectivity index (χ0) is 45.0. The van der Waals surface area contributed by atoms with E-state index in [9.17, 15) is 0 Å². The summed E-state index contributed by atoms with van der Waals surface area (Å²) < 4.78 is 4.51. The molecule has 0 spiro atoms. The minimum Gasteiger partial charge on any atom is -0.309 e. The molecular formula is C63H41N5. The summed E-state index contributed by atoms with van der Waals surface area (Å²) in [6.45, 7) is 0. The van der Waals surface area contributed by atoms with Crippen molar-refractivity contribution < 1.29 is 0 Å². The molecule has 0 unspecified atom stereocenters. The average Bonchev–Trinajstić information content (AvgIpc) is 3.99. The van der Waals surface area contributed by atoms with Crippen molar-refractivity contribution in [2.75, 3.05) is 0 Å². The van der Waals surface area contributed by atoms with Gasteiger partial charge in [0.25, 0.3) is 0 Å². The average molecular weight is 868 g/mol. The van der Waals surface area contributed by atoms with Crippen molar-refractivity contribution in [3.05, 3.63) is 249 Å². The van der Waals surface area contributed by atoms with Crippen molar-refractivity contribution >= 4 is 38.1 Å². The Morgan fingerprint density at radius 1 is 0.324 bits per heavy atom. The highest BCUT2D eigenvalue weighted by atomic mass is 15.2. The zero-order valence-corrected chi connectivity index (χ0v) is 36.9. The molecule has 318 valence electrons. The number of pyridine rings is 1. The van der Waals surface area contributed by atoms with Crippen LogP contribution in [0.4, 0.5) is 0 Å². The van der Waals surface area contributed by atoms with Gasteiger partial charge in [-0.25, -0.2) is 14.5 Å². The maximum Gasteiger partial charge on any atom is 0.160 e. The summed E-state index contributed by atoms with van der Waals surface area (Å²) >= 11 is 0. The van der Waals surface area contributed by atoms with Gasteiger partial charge in [0.05, 0.1) is 33.6 Å². The molecule has 0 fully saturated rings. The molecule has 0 N–H and O–H groups in total. The highest BCUT2D eigenvalue weighted by molar-refractivity contribution is 6.11. The Kier molecular flexibility index (Phi) is 9.43. The molecule has 0 amide bonds. The van der Waals surface area contributed by atoms with E-state index in [0.29, 0.717) is 5.82 Å². The summed E-state index contributed by atoms with van der Waals surface area (Å²) in [5.41, 5.74) is 17.8. The molecule has 4 heterocycles. The Balaban J connectivity index is 0.976. The largest absolute Gasteiger partial charge is 0.309 e. The van der Waals surface area contributed by atoms with Crippen LogP contribution in [0.25, 0.3) is 122 Å². The van der Waals surface area contributed by atoms with Crippen molar-refractivity contribution in [3.63, 3.8) is 0 Å². The molecule has 9 aromatic carbocycles. The van der Waals surface area contributed by atoms with Crippen molar-refractivity contribution in [2.45, 2.75) is 0 Å². The Morgan fingerprint density at radius 3 is 1.50 bits per heavy atom. The van der Waals surface area contributed by atoms with E-state index in [-0.39, 0.29) is 0 Å². The van der Waals surface area contributed by atoms with Crippen LogP contribution in [0.15, 0.2) is 249 Å². The normalized spacial score (nSPS) is 11.5. The molecular weight excluding hydrogens is 827 g/mol. The number of benzene rings is 9. The molecule has 13 aromatic rings. The lowest BCUT2D eigenvalue weighted by atomic mass is 9.94. The number of rotatable bonds is 8. The van der Waals surface area contributed by atoms with Gasteiger partial charge in [-0.05, 0) is 70.6 Å². The summed E-state index contributed by atoms with van der Waals surface area (Å²) in [5, 5.41) is 10.2. The van der Waals surface area contributed by atoms with Crippen LogP contribution in [-0.4, -0.2) is 24.1 Å². The summed E-state index contributed by atoms with van der Waals surface area (Å²) in [6.07, 6.45) is 0. The van der Waals surface area contributed by atoms with E-state index >= 15 is 0 Å². The van der Waals surface area contributed by atoms with E-state index in [2.05, 4.69) is 240 Å². The second kappa shape index (κ2) is 16.4. The third-order valence-electron chi connectivity index (χ3n) is 13.1. The van der Waals surface area contributed by atoms with E-state index in [0.717, 1.165) is 94.8 Å². The molecule has 0 aliphatic carbocycles. The van der Waals surface area contributed by atoms with Crippen LogP contribution < -0.4 is 0 Å². The van der Waals surface area contributed by atoms with Gasteiger partial charge in [-0.2, -0.15) is 5.10 Å². The third-order valence-corrected chi connectivity index (χ3v) is 13.1. The Morgan fingerprint density at radius 2 is 0.838 bits per heavy atom. The third kappa shape index (κ3) is 6.76. The first-order valence-electron chi connectivity index (χ1n) is 23.0. The molecule has 0 aliphatic rings. The summed E-state index contributed by atoms with van der Waals surface area (Å²) in [5.74, 6) is 0.677. The van der Waals surface area contributed by atoms with Gasteiger partial charge in [-0.1, -0.05) is 200 Å². The lowest BCUT2D eigenvalue weighted by molar-refractivity contribution is 0.979. The lowest BCUT2D eigenvalue weighted by Crippen LogP contribution is -1.98. The van der Waals surface area contributed by atoms with Crippen LogP contribution in [0.5, 0.6) is 0 Å². The molecule has 0 bridgehead atoms. The van der Waals surface area contributed by atoms with E-state index in [4.69, 9.17) is 15.1 Å². The molecule has 0 atom stereocenters. The number of para-hydroxylation sites is 2. The van der Waals surface area contributed by atoms with Crippen LogP contribution in [0.1, 0.15) is 0 Å². The Hall–Kier alpha value is -9.19. The highest BCUT2D eigenvalue weighted by Crippen LogP contribution is 2.42. The molecule has 68 heavy (non-hydrogen) atoms.